The molecule has 0 saturated carbocycles. The van der Waals surface area contributed by atoms with Crippen LogP contribution in [0.15, 0.2) is 250 Å². The Morgan fingerprint density at radius 1 is 0.456 bits per heavy atom. The summed E-state index contributed by atoms with van der Waals surface area (Å²) in [5.41, 5.74) is 8.44. The van der Waals surface area contributed by atoms with Crippen LogP contribution in [0.25, 0.3) is 44.5 Å². The molecule has 0 radical (unpaired) electrons. The molecule has 0 fully saturated rings. The summed E-state index contributed by atoms with van der Waals surface area (Å²) >= 11 is 0.623. The van der Waals surface area contributed by atoms with Gasteiger partial charge in [0.2, 0.25) is 9.84 Å². The van der Waals surface area contributed by atoms with Crippen LogP contribution in [-0.4, -0.2) is 78.0 Å². The first-order valence-corrected chi connectivity index (χ1v) is 33.9. The zero-order valence-corrected chi connectivity index (χ0v) is 52.2. The number of ether oxygens (including phenoxy) is 4. The highest BCUT2D eigenvalue weighted by atomic mass is 32.2. The van der Waals surface area contributed by atoms with Gasteiger partial charge in [-0.2, -0.15) is 25.3 Å². The summed E-state index contributed by atoms with van der Waals surface area (Å²) in [7, 11) is -14.4. The Hall–Kier alpha value is -9.02. The van der Waals surface area contributed by atoms with E-state index in [1.807, 2.05) is 128 Å². The molecule has 0 amide bonds. The quantitative estimate of drug-likeness (QED) is 0.0181. The van der Waals surface area contributed by atoms with Crippen molar-refractivity contribution in [2.45, 2.75) is 33.1 Å². The van der Waals surface area contributed by atoms with Gasteiger partial charge in [-0.25, -0.2) is 13.7 Å². The van der Waals surface area contributed by atoms with Crippen molar-refractivity contribution in [2.75, 3.05) is 19.6 Å². The van der Waals surface area contributed by atoms with E-state index >= 15 is 0 Å². The number of carbonyl (C=O) groups excluding carboxylic acids is 1. The van der Waals surface area contributed by atoms with Crippen molar-refractivity contribution in [2.24, 2.45) is 0 Å². The molecule has 0 spiro atoms. The highest BCUT2D eigenvalue weighted by Crippen LogP contribution is 2.41. The van der Waals surface area contributed by atoms with Crippen LogP contribution < -0.4 is 18.9 Å². The molecule has 4 N–H and O–H groups in total. The fraction of sp³-hybridized carbons (Fsp3) is 0.0758. The standard InChI is InChI=1S/C64H48O13S3.2CH4O3S/c1-42-13-30-55(31-14-42)79(67,68)56-32-28-54(29-33-56)74-60-35-22-48(38-58(60)46-11-7-4-8-12-46)47-21-34-59(57(37-47)45-9-5-3-6-10-45)73-41-51-16-15-49(39-62(51)78-77-76-66)64(65)50-23-36-61(63(40-50)80(69,70)71)75-53-26-19-44(20-27-53)43-17-24-52(72-2)25-18-43;2*1-5(2,3)4/h3-40,66H,41H2,1-2H3,(H,69,70,71);2*1H3,(H,2,3,4). The van der Waals surface area contributed by atoms with E-state index in [9.17, 15) is 43.0 Å². The Bertz CT molecular complexity index is 4570. The zero-order valence-electron chi connectivity index (χ0n) is 48.1. The highest BCUT2D eigenvalue weighted by Gasteiger charge is 2.24. The topological polar surface area (TPSA) is 290 Å². The third-order valence-electron chi connectivity index (χ3n) is 13.0. The van der Waals surface area contributed by atoms with E-state index in [2.05, 4.69) is 5.04 Å². The molecule has 0 unspecified atom stereocenters. The first-order valence-electron chi connectivity index (χ1n) is 26.6. The molecule has 10 aromatic rings. The van der Waals surface area contributed by atoms with Crippen molar-refractivity contribution in [3.05, 3.63) is 253 Å². The Morgan fingerprint density at radius 2 is 0.878 bits per heavy atom. The van der Waals surface area contributed by atoms with Gasteiger partial charge >= 0.3 is 0 Å². The molecule has 0 aliphatic rings. The number of ketones is 1. The van der Waals surface area contributed by atoms with Crippen molar-refractivity contribution in [3.63, 3.8) is 0 Å². The maximum atomic E-state index is 14.1. The first kappa shape index (κ1) is 66.9. The van der Waals surface area contributed by atoms with Crippen molar-refractivity contribution in [3.8, 4) is 79.0 Å². The fourth-order valence-electron chi connectivity index (χ4n) is 8.82. The van der Waals surface area contributed by atoms with Gasteiger partial charge in [-0.1, -0.05) is 132 Å². The second-order valence-electron chi connectivity index (χ2n) is 19.7. The molecule has 10 aromatic carbocycles. The molecule has 19 nitrogen and oxygen atoms in total. The van der Waals surface area contributed by atoms with Gasteiger partial charge in [0.25, 0.3) is 30.4 Å². The lowest BCUT2D eigenvalue weighted by molar-refractivity contribution is -0.432. The SMILES string of the molecule is COc1ccc(-c2ccc(Oc3ccc(C(=O)c4ccc(COc5ccc(-c6ccc(Oc7ccc(S(=O)(=O)c8ccc(C)cc8)cc7)c(-c7ccccc7)c6)cc5-c5ccccc5)c(SOOO)c4)cc3S(=O)(=O)O)cc2)cc1.CS(=O)(=O)O.CS(=O)(=O)O. The molecule has 0 heterocycles. The number of aryl methyl sites for hydroxylation is 1. The molecule has 0 aliphatic carbocycles. The number of sulfone groups is 1. The minimum absolute atomic E-state index is 0.0339. The molecule has 24 heteroatoms. The molecule has 0 aliphatic heterocycles. The summed E-state index contributed by atoms with van der Waals surface area (Å²) in [6.07, 6.45) is 1.43. The van der Waals surface area contributed by atoms with Crippen molar-refractivity contribution in [1.29, 1.82) is 0 Å². The molecular formula is C66H56O19S5. The number of benzene rings is 10. The maximum absolute atomic E-state index is 14.1. The van der Waals surface area contributed by atoms with E-state index in [0.29, 0.717) is 58.0 Å². The van der Waals surface area contributed by atoms with Gasteiger partial charge in [-0.3, -0.25) is 18.5 Å². The van der Waals surface area contributed by atoms with Crippen LogP contribution in [0.3, 0.4) is 0 Å². The second kappa shape index (κ2) is 29.5. The van der Waals surface area contributed by atoms with E-state index in [-0.39, 0.29) is 39.0 Å². The van der Waals surface area contributed by atoms with Crippen LogP contribution in [0, 0.1) is 6.92 Å². The van der Waals surface area contributed by atoms with E-state index in [0.717, 1.165) is 56.1 Å². The number of carbonyl (C=O) groups is 1. The molecular weight excluding hydrogens is 1260 g/mol. The lowest BCUT2D eigenvalue weighted by Crippen LogP contribution is -2.07. The fourth-order valence-corrected chi connectivity index (χ4v) is 11.2. The van der Waals surface area contributed by atoms with Crippen LogP contribution in [0.2, 0.25) is 0 Å². The summed E-state index contributed by atoms with van der Waals surface area (Å²) in [6.45, 7) is 1.87. The monoisotopic (exact) mass is 1310 g/mol. The van der Waals surface area contributed by atoms with Crippen LogP contribution in [-0.2, 0) is 56.2 Å². The van der Waals surface area contributed by atoms with Crippen LogP contribution in [0.5, 0.6) is 34.5 Å². The summed E-state index contributed by atoms with van der Waals surface area (Å²) in [4.78, 5) is 14.1. The number of rotatable bonds is 20. The van der Waals surface area contributed by atoms with Gasteiger partial charge in [-0.05, 0) is 149 Å². The summed E-state index contributed by atoms with van der Waals surface area (Å²) in [5, 5.41) is 13.1. The maximum Gasteiger partial charge on any atom is 0.298 e. The molecule has 10 rings (SSSR count). The summed E-state index contributed by atoms with van der Waals surface area (Å²) < 4.78 is 143. The van der Waals surface area contributed by atoms with Gasteiger partial charge < -0.3 is 18.9 Å². The highest BCUT2D eigenvalue weighted by molar-refractivity contribution is 7.94. The minimum Gasteiger partial charge on any atom is -0.497 e. The smallest absolute Gasteiger partial charge is 0.298 e. The Kier molecular flexibility index (Phi) is 22.0. The van der Waals surface area contributed by atoms with Crippen LogP contribution >= 0.6 is 12.0 Å². The second-order valence-corrected chi connectivity index (χ2v) is 26.7. The van der Waals surface area contributed by atoms with E-state index in [1.165, 1.54) is 24.3 Å². The predicted molar refractivity (Wildman–Crippen MR) is 340 cm³/mol. The molecule has 90 heavy (non-hydrogen) atoms. The van der Waals surface area contributed by atoms with E-state index < -0.39 is 50.9 Å². The van der Waals surface area contributed by atoms with Gasteiger partial charge in [0.05, 0.1) is 41.5 Å². The van der Waals surface area contributed by atoms with E-state index in [1.54, 1.807) is 86.0 Å². The van der Waals surface area contributed by atoms with Gasteiger partial charge in [0.15, 0.2) is 5.78 Å². The largest absolute Gasteiger partial charge is 0.497 e. The number of hydrogen-bond donors (Lipinski definition) is 4. The molecule has 0 bridgehead atoms. The number of methoxy groups -OCH3 is 1. The zero-order chi connectivity index (χ0) is 64.8. The van der Waals surface area contributed by atoms with Gasteiger partial charge in [-0.15, -0.1) is 4.33 Å². The summed E-state index contributed by atoms with van der Waals surface area (Å²) in [5.74, 6) is 1.75. The van der Waals surface area contributed by atoms with Crippen molar-refractivity contribution in [1.82, 2.24) is 0 Å². The van der Waals surface area contributed by atoms with Gasteiger partial charge in [0.1, 0.15) is 46.0 Å². The summed E-state index contributed by atoms with van der Waals surface area (Å²) in [6, 6.07) is 67.1. The predicted octanol–water partition coefficient (Wildman–Crippen LogP) is 14.6. The van der Waals surface area contributed by atoms with Gasteiger partial charge in [0, 0.05) is 32.7 Å². The van der Waals surface area contributed by atoms with E-state index in [4.69, 9.17) is 37.6 Å². The van der Waals surface area contributed by atoms with Crippen molar-refractivity contribution >= 4 is 58.0 Å². The molecule has 0 saturated heterocycles. The average molecular weight is 1310 g/mol. The average Bonchev–Trinajstić information content (AvgIpc) is 0.952. The normalized spacial score (nSPS) is 11.5. The number of hydrogen-bond acceptors (Lipinski definition) is 17. The Morgan fingerprint density at radius 3 is 1.38 bits per heavy atom. The molecule has 464 valence electrons. The van der Waals surface area contributed by atoms with Crippen LogP contribution in [0.1, 0.15) is 27.0 Å². The Labute approximate surface area is 524 Å². The van der Waals surface area contributed by atoms with Crippen LogP contribution in [0.4, 0.5) is 0 Å². The third kappa shape index (κ3) is 18.8. The lowest BCUT2D eigenvalue weighted by atomic mass is 9.95. The Balaban J connectivity index is 0.000000969. The molecule has 0 aromatic heterocycles. The lowest BCUT2D eigenvalue weighted by Gasteiger charge is -2.17. The minimum atomic E-state index is -4.88. The third-order valence-corrected chi connectivity index (χ3v) is 16.4. The molecule has 0 atom stereocenters. The first-order chi connectivity index (χ1) is 42.7. The van der Waals surface area contributed by atoms with Crippen molar-refractivity contribution < 1.29 is 85.7 Å².